The molecule has 0 aliphatic rings. The maximum Gasteiger partial charge on any atom is 0.159 e. The topological polar surface area (TPSA) is 38.0 Å². The Labute approximate surface area is 117 Å². The second kappa shape index (κ2) is 5.78. The first-order chi connectivity index (χ1) is 9.43. The van der Waals surface area contributed by atoms with Crippen molar-refractivity contribution in [3.63, 3.8) is 0 Å². The lowest BCUT2D eigenvalue weighted by Crippen LogP contribution is -2.29. The van der Waals surface area contributed by atoms with E-state index in [9.17, 15) is 17.6 Å². The summed E-state index contributed by atoms with van der Waals surface area (Å²) in [6.07, 6.45) is 0. The van der Waals surface area contributed by atoms with Crippen molar-refractivity contribution in [3.8, 4) is 0 Å². The van der Waals surface area contributed by atoms with Gasteiger partial charge in [0.2, 0.25) is 0 Å². The first-order valence-corrected chi connectivity index (χ1v) is 5.87. The summed E-state index contributed by atoms with van der Waals surface area (Å²) in [6.45, 7) is 0. The molecular weight excluding hydrogens is 296 g/mol. The molecule has 20 heavy (non-hydrogen) atoms. The predicted octanol–water partition coefficient (Wildman–Crippen LogP) is 3.45. The van der Waals surface area contributed by atoms with Crippen LogP contribution in [0.5, 0.6) is 0 Å². The van der Waals surface area contributed by atoms with Crippen LogP contribution in [0.4, 0.5) is 17.6 Å². The SMILES string of the molecule is NNC(c1ccc(F)c(F)c1)c1cc(F)c(Cl)cc1F. The molecule has 106 valence electrons. The Balaban J connectivity index is 2.52. The number of hydrogen-bond acceptors (Lipinski definition) is 2. The van der Waals surface area contributed by atoms with E-state index in [4.69, 9.17) is 17.4 Å². The number of halogens is 5. The average molecular weight is 305 g/mol. The van der Waals surface area contributed by atoms with Crippen molar-refractivity contribution in [2.24, 2.45) is 5.84 Å². The molecule has 2 aromatic carbocycles. The number of hydrogen-bond donors (Lipinski definition) is 2. The van der Waals surface area contributed by atoms with Crippen LogP contribution < -0.4 is 11.3 Å². The van der Waals surface area contributed by atoms with Crippen LogP contribution in [0.15, 0.2) is 30.3 Å². The van der Waals surface area contributed by atoms with Gasteiger partial charge in [0, 0.05) is 5.56 Å². The van der Waals surface area contributed by atoms with Gasteiger partial charge in [-0.15, -0.1) is 0 Å². The predicted molar refractivity (Wildman–Crippen MR) is 66.9 cm³/mol. The van der Waals surface area contributed by atoms with Crippen LogP contribution >= 0.6 is 11.6 Å². The Kier molecular flexibility index (Phi) is 4.27. The molecule has 0 aliphatic carbocycles. The zero-order valence-electron chi connectivity index (χ0n) is 9.93. The van der Waals surface area contributed by atoms with Gasteiger partial charge in [-0.3, -0.25) is 5.84 Å². The Morgan fingerprint density at radius 2 is 1.60 bits per heavy atom. The molecular formula is C13H9ClF4N2. The van der Waals surface area contributed by atoms with Crippen LogP contribution in [-0.2, 0) is 0 Å². The third-order valence-electron chi connectivity index (χ3n) is 2.79. The van der Waals surface area contributed by atoms with E-state index in [1.807, 2.05) is 0 Å². The summed E-state index contributed by atoms with van der Waals surface area (Å²) >= 11 is 5.45. The molecule has 7 heteroatoms. The van der Waals surface area contributed by atoms with Crippen LogP contribution in [0.3, 0.4) is 0 Å². The molecule has 0 aromatic heterocycles. The lowest BCUT2D eigenvalue weighted by molar-refractivity contribution is 0.501. The minimum atomic E-state index is -1.11. The van der Waals surface area contributed by atoms with E-state index in [1.54, 1.807) is 0 Å². The van der Waals surface area contributed by atoms with Crippen molar-refractivity contribution < 1.29 is 17.6 Å². The zero-order chi connectivity index (χ0) is 14.9. The summed E-state index contributed by atoms with van der Waals surface area (Å²) in [5.74, 6) is 1.47. The van der Waals surface area contributed by atoms with Crippen molar-refractivity contribution >= 4 is 11.6 Å². The number of nitrogens with two attached hydrogens (primary N) is 1. The molecule has 0 saturated carbocycles. The first kappa shape index (κ1) is 14.8. The van der Waals surface area contributed by atoms with Crippen molar-refractivity contribution in [2.45, 2.75) is 6.04 Å². The molecule has 2 aromatic rings. The number of nitrogens with one attached hydrogen (secondary N) is 1. The van der Waals surface area contributed by atoms with Gasteiger partial charge in [0.25, 0.3) is 0 Å². The Hall–Kier alpha value is -1.63. The highest BCUT2D eigenvalue weighted by Crippen LogP contribution is 2.28. The van der Waals surface area contributed by atoms with Gasteiger partial charge in [0.05, 0.1) is 11.1 Å². The quantitative estimate of drug-likeness (QED) is 0.394. The first-order valence-electron chi connectivity index (χ1n) is 5.49. The molecule has 0 aliphatic heterocycles. The zero-order valence-corrected chi connectivity index (χ0v) is 10.7. The summed E-state index contributed by atoms with van der Waals surface area (Å²) in [6, 6.07) is 3.54. The highest BCUT2D eigenvalue weighted by molar-refractivity contribution is 6.30. The lowest BCUT2D eigenvalue weighted by atomic mass is 9.98. The average Bonchev–Trinajstić information content (AvgIpc) is 2.40. The highest BCUT2D eigenvalue weighted by atomic mass is 35.5. The van der Waals surface area contributed by atoms with Gasteiger partial charge < -0.3 is 0 Å². The summed E-state index contributed by atoms with van der Waals surface area (Å²) < 4.78 is 53.3. The van der Waals surface area contributed by atoms with E-state index in [1.165, 1.54) is 6.07 Å². The van der Waals surface area contributed by atoms with Gasteiger partial charge in [0.15, 0.2) is 11.6 Å². The van der Waals surface area contributed by atoms with Gasteiger partial charge in [-0.2, -0.15) is 0 Å². The number of hydrazine groups is 1. The van der Waals surface area contributed by atoms with Crippen molar-refractivity contribution in [1.29, 1.82) is 0 Å². The van der Waals surface area contributed by atoms with Crippen molar-refractivity contribution in [3.05, 3.63) is 69.8 Å². The van der Waals surface area contributed by atoms with E-state index >= 15 is 0 Å². The Bertz CT molecular complexity index is 649. The molecule has 0 spiro atoms. The molecule has 0 radical (unpaired) electrons. The monoisotopic (exact) mass is 304 g/mol. The number of benzene rings is 2. The molecule has 2 nitrogen and oxygen atoms in total. The minimum absolute atomic E-state index is 0.145. The van der Waals surface area contributed by atoms with Crippen LogP contribution in [0.1, 0.15) is 17.2 Å². The van der Waals surface area contributed by atoms with Gasteiger partial charge in [-0.25, -0.2) is 23.0 Å². The second-order valence-electron chi connectivity index (χ2n) is 4.06. The summed E-state index contributed by atoms with van der Waals surface area (Å²) in [4.78, 5) is 0. The lowest BCUT2D eigenvalue weighted by Gasteiger charge is -2.18. The van der Waals surface area contributed by atoms with Crippen LogP contribution in [0, 0.1) is 23.3 Å². The molecule has 0 fully saturated rings. The molecule has 0 heterocycles. The van der Waals surface area contributed by atoms with E-state index in [-0.39, 0.29) is 16.1 Å². The molecule has 0 saturated heterocycles. The smallest absolute Gasteiger partial charge is 0.159 e. The third kappa shape index (κ3) is 2.77. The number of rotatable bonds is 3. The fourth-order valence-corrected chi connectivity index (χ4v) is 1.97. The largest absolute Gasteiger partial charge is 0.271 e. The van der Waals surface area contributed by atoms with E-state index in [2.05, 4.69) is 5.43 Å². The summed E-state index contributed by atoms with van der Waals surface area (Å²) in [5, 5.41) is -0.382. The van der Waals surface area contributed by atoms with E-state index in [0.29, 0.717) is 0 Å². The van der Waals surface area contributed by atoms with E-state index < -0.39 is 29.3 Å². The Morgan fingerprint density at radius 1 is 0.900 bits per heavy atom. The fraction of sp³-hybridized carbons (Fsp3) is 0.0769. The van der Waals surface area contributed by atoms with Crippen molar-refractivity contribution in [1.82, 2.24) is 5.43 Å². The van der Waals surface area contributed by atoms with Crippen LogP contribution in [0.25, 0.3) is 0 Å². The van der Waals surface area contributed by atoms with Gasteiger partial charge in [0.1, 0.15) is 11.6 Å². The van der Waals surface area contributed by atoms with Crippen molar-refractivity contribution in [2.75, 3.05) is 0 Å². The molecule has 1 unspecified atom stereocenters. The fourth-order valence-electron chi connectivity index (χ4n) is 1.82. The maximum atomic E-state index is 13.8. The minimum Gasteiger partial charge on any atom is -0.271 e. The van der Waals surface area contributed by atoms with Gasteiger partial charge >= 0.3 is 0 Å². The summed E-state index contributed by atoms with van der Waals surface area (Å²) in [7, 11) is 0. The highest BCUT2D eigenvalue weighted by Gasteiger charge is 2.20. The third-order valence-corrected chi connectivity index (χ3v) is 3.08. The molecule has 0 amide bonds. The second-order valence-corrected chi connectivity index (χ2v) is 4.47. The van der Waals surface area contributed by atoms with E-state index in [0.717, 1.165) is 24.3 Å². The molecule has 1 atom stereocenters. The van der Waals surface area contributed by atoms with Gasteiger partial charge in [-0.1, -0.05) is 17.7 Å². The normalized spacial score (nSPS) is 12.5. The molecule has 2 rings (SSSR count). The van der Waals surface area contributed by atoms with Crippen LogP contribution in [-0.4, -0.2) is 0 Å². The Morgan fingerprint density at radius 3 is 2.20 bits per heavy atom. The molecule has 0 bridgehead atoms. The van der Waals surface area contributed by atoms with Gasteiger partial charge in [-0.05, 0) is 29.8 Å². The van der Waals surface area contributed by atoms with Crippen LogP contribution in [0.2, 0.25) is 5.02 Å². The maximum absolute atomic E-state index is 13.8. The standard InChI is InChI=1S/C13H9ClF4N2/c14-8-5-10(16)7(4-11(8)17)13(20-19)6-1-2-9(15)12(18)3-6/h1-5,13,20H,19H2. The summed E-state index contributed by atoms with van der Waals surface area (Å²) in [5.41, 5.74) is 2.21. The molecule has 3 N–H and O–H groups in total.